The Hall–Kier alpha value is -2.28. The van der Waals surface area contributed by atoms with Gasteiger partial charge in [0.2, 0.25) is 11.8 Å². The average Bonchev–Trinajstić information content (AvgIpc) is 2.98. The highest BCUT2D eigenvalue weighted by Crippen LogP contribution is 2.19. The van der Waals surface area contributed by atoms with Crippen molar-refractivity contribution in [1.82, 2.24) is 15.2 Å². The fourth-order valence-electron chi connectivity index (χ4n) is 3.38. The molecule has 0 unspecified atom stereocenters. The zero-order chi connectivity index (χ0) is 20.1. The van der Waals surface area contributed by atoms with Gasteiger partial charge in [-0.2, -0.15) is 0 Å². The van der Waals surface area contributed by atoms with Crippen LogP contribution >= 0.6 is 11.3 Å². The number of rotatable bonds is 7. The molecule has 0 aliphatic carbocycles. The van der Waals surface area contributed by atoms with Crippen molar-refractivity contribution in [3.63, 3.8) is 0 Å². The van der Waals surface area contributed by atoms with Gasteiger partial charge in [-0.25, -0.2) is 9.37 Å². The van der Waals surface area contributed by atoms with Crippen molar-refractivity contribution in [2.45, 2.75) is 39.5 Å². The molecule has 1 aliphatic rings. The summed E-state index contributed by atoms with van der Waals surface area (Å²) >= 11 is 1.67. The Bertz CT molecular complexity index is 832. The van der Waals surface area contributed by atoms with Crippen molar-refractivity contribution >= 4 is 23.2 Å². The van der Waals surface area contributed by atoms with Crippen LogP contribution < -0.4 is 5.32 Å². The molecule has 0 saturated carbocycles. The Morgan fingerprint density at radius 3 is 2.89 bits per heavy atom. The molecule has 0 bridgehead atoms. The van der Waals surface area contributed by atoms with Crippen molar-refractivity contribution in [3.05, 3.63) is 51.2 Å². The summed E-state index contributed by atoms with van der Waals surface area (Å²) in [6.45, 7) is 5.52. The molecule has 2 heterocycles. The number of thiazole rings is 1. The van der Waals surface area contributed by atoms with E-state index in [-0.39, 0.29) is 23.5 Å². The highest BCUT2D eigenvalue weighted by molar-refractivity contribution is 7.11. The van der Waals surface area contributed by atoms with Crippen LogP contribution in [0.4, 0.5) is 4.39 Å². The second-order valence-electron chi connectivity index (χ2n) is 7.25. The Kier molecular flexibility index (Phi) is 6.78. The number of carbonyl (C=O) groups is 2. The first-order valence-electron chi connectivity index (χ1n) is 9.65. The number of halogens is 1. The lowest BCUT2D eigenvalue weighted by Crippen LogP contribution is -2.46. The van der Waals surface area contributed by atoms with E-state index in [9.17, 15) is 14.0 Å². The first-order valence-corrected chi connectivity index (χ1v) is 10.5. The van der Waals surface area contributed by atoms with Crippen LogP contribution in [0.1, 0.15) is 34.0 Å². The van der Waals surface area contributed by atoms with Gasteiger partial charge in [0, 0.05) is 37.4 Å². The van der Waals surface area contributed by atoms with Crippen LogP contribution in [0.25, 0.3) is 0 Å². The third-order valence-corrected chi connectivity index (χ3v) is 6.27. The molecular weight excluding hydrogens is 377 g/mol. The molecule has 1 fully saturated rings. The van der Waals surface area contributed by atoms with Gasteiger partial charge >= 0.3 is 0 Å². The van der Waals surface area contributed by atoms with E-state index in [0.717, 1.165) is 22.7 Å². The zero-order valence-electron chi connectivity index (χ0n) is 16.3. The van der Waals surface area contributed by atoms with Gasteiger partial charge in [-0.3, -0.25) is 9.59 Å². The monoisotopic (exact) mass is 403 g/mol. The van der Waals surface area contributed by atoms with E-state index in [1.165, 1.54) is 17.0 Å². The van der Waals surface area contributed by atoms with Gasteiger partial charge in [0.1, 0.15) is 5.82 Å². The van der Waals surface area contributed by atoms with Crippen LogP contribution in [0.15, 0.2) is 24.3 Å². The summed E-state index contributed by atoms with van der Waals surface area (Å²) in [6.07, 6.45) is 2.27. The molecule has 1 aromatic carbocycles. The molecule has 0 radical (unpaired) electrons. The van der Waals surface area contributed by atoms with E-state index in [2.05, 4.69) is 10.3 Å². The number of amides is 2. The third-order valence-electron chi connectivity index (χ3n) is 5.14. The molecule has 1 aromatic heterocycles. The smallest absolute Gasteiger partial charge is 0.224 e. The van der Waals surface area contributed by atoms with Gasteiger partial charge < -0.3 is 10.2 Å². The second kappa shape index (κ2) is 9.28. The number of hydrogen-bond acceptors (Lipinski definition) is 4. The number of piperidine rings is 1. The first-order chi connectivity index (χ1) is 13.4. The third kappa shape index (κ3) is 5.38. The summed E-state index contributed by atoms with van der Waals surface area (Å²) in [4.78, 5) is 32.1. The van der Waals surface area contributed by atoms with Crippen molar-refractivity contribution < 1.29 is 14.0 Å². The minimum atomic E-state index is -0.273. The van der Waals surface area contributed by atoms with Gasteiger partial charge in [-0.05, 0) is 44.4 Å². The van der Waals surface area contributed by atoms with Gasteiger partial charge in [0.05, 0.1) is 16.6 Å². The minimum Gasteiger partial charge on any atom is -0.355 e. The number of carbonyl (C=O) groups excluding carboxylic acids is 2. The van der Waals surface area contributed by atoms with Gasteiger partial charge in [-0.1, -0.05) is 12.1 Å². The normalized spacial score (nSPS) is 17.0. The van der Waals surface area contributed by atoms with E-state index >= 15 is 0 Å². The lowest BCUT2D eigenvalue weighted by Gasteiger charge is -2.32. The molecule has 5 nitrogen and oxygen atoms in total. The van der Waals surface area contributed by atoms with Gasteiger partial charge in [-0.15, -0.1) is 11.3 Å². The van der Waals surface area contributed by atoms with E-state index in [4.69, 9.17) is 0 Å². The minimum absolute atomic E-state index is 0.00624. The standard InChI is InChI=1S/C21H26FN3O2S/c1-14-15(2)28-19(24-14)8-10-23-21(27)17-6-7-20(26)25(13-17)11-9-16-4-3-5-18(22)12-16/h3-5,12,17H,6-11,13H2,1-2H3,(H,23,27)/t17-/m1/s1. The van der Waals surface area contributed by atoms with E-state index < -0.39 is 0 Å². The SMILES string of the molecule is Cc1nc(CCNC(=O)[C@@H]2CCC(=O)N(CCc3cccc(F)c3)C2)sc1C. The molecule has 2 aromatic rings. The van der Waals surface area contributed by atoms with E-state index in [0.29, 0.717) is 38.9 Å². The van der Waals surface area contributed by atoms with Crippen LogP contribution in [0.3, 0.4) is 0 Å². The predicted octanol–water partition coefficient (Wildman–Crippen LogP) is 3.04. The Morgan fingerprint density at radius 2 is 2.18 bits per heavy atom. The van der Waals surface area contributed by atoms with Crippen LogP contribution in [-0.2, 0) is 22.4 Å². The molecule has 28 heavy (non-hydrogen) atoms. The predicted molar refractivity (Wildman–Crippen MR) is 108 cm³/mol. The molecule has 0 spiro atoms. The fourth-order valence-corrected chi connectivity index (χ4v) is 4.32. The molecule has 7 heteroatoms. The molecule has 3 rings (SSSR count). The summed E-state index contributed by atoms with van der Waals surface area (Å²) < 4.78 is 13.3. The fraction of sp³-hybridized carbons (Fsp3) is 0.476. The maximum atomic E-state index is 13.3. The molecule has 1 saturated heterocycles. The summed E-state index contributed by atoms with van der Waals surface area (Å²) in [5, 5.41) is 4.02. The van der Waals surface area contributed by atoms with Crippen molar-refractivity contribution in [3.8, 4) is 0 Å². The van der Waals surface area contributed by atoms with E-state index in [1.54, 1.807) is 22.3 Å². The quantitative estimate of drug-likeness (QED) is 0.773. The summed E-state index contributed by atoms with van der Waals surface area (Å²) in [5.41, 5.74) is 1.90. The zero-order valence-corrected chi connectivity index (χ0v) is 17.2. The Labute approximate surface area is 169 Å². The highest BCUT2D eigenvalue weighted by Gasteiger charge is 2.29. The van der Waals surface area contributed by atoms with Crippen LogP contribution in [0.5, 0.6) is 0 Å². The van der Waals surface area contributed by atoms with Crippen molar-refractivity contribution in [1.29, 1.82) is 0 Å². The number of aryl methyl sites for hydroxylation is 2. The summed E-state index contributed by atoms with van der Waals surface area (Å²) in [5.74, 6) is -0.405. The Morgan fingerprint density at radius 1 is 1.36 bits per heavy atom. The lowest BCUT2D eigenvalue weighted by molar-refractivity contribution is -0.138. The van der Waals surface area contributed by atoms with Gasteiger partial charge in [0.15, 0.2) is 0 Å². The van der Waals surface area contributed by atoms with Crippen LogP contribution in [-0.4, -0.2) is 41.3 Å². The number of nitrogens with one attached hydrogen (secondary N) is 1. The molecule has 1 aliphatic heterocycles. The van der Waals surface area contributed by atoms with Crippen LogP contribution in [0, 0.1) is 25.6 Å². The van der Waals surface area contributed by atoms with Crippen LogP contribution in [0.2, 0.25) is 0 Å². The Balaban J connectivity index is 1.47. The molecular formula is C21H26FN3O2S. The van der Waals surface area contributed by atoms with Crippen molar-refractivity contribution in [2.75, 3.05) is 19.6 Å². The van der Waals surface area contributed by atoms with E-state index in [1.807, 2.05) is 19.9 Å². The maximum absolute atomic E-state index is 13.3. The first kappa shape index (κ1) is 20.5. The van der Waals surface area contributed by atoms with Crippen molar-refractivity contribution in [2.24, 2.45) is 5.92 Å². The number of nitrogens with zero attached hydrogens (tertiary/aromatic N) is 2. The van der Waals surface area contributed by atoms with Gasteiger partial charge in [0.25, 0.3) is 0 Å². The number of hydrogen-bond donors (Lipinski definition) is 1. The molecule has 2 amide bonds. The summed E-state index contributed by atoms with van der Waals surface area (Å²) in [6, 6.07) is 6.42. The number of aromatic nitrogens is 1. The maximum Gasteiger partial charge on any atom is 0.224 e. The number of likely N-dealkylation sites (tertiary alicyclic amines) is 1. The lowest BCUT2D eigenvalue weighted by atomic mass is 9.96. The summed E-state index contributed by atoms with van der Waals surface area (Å²) in [7, 11) is 0. The highest BCUT2D eigenvalue weighted by atomic mass is 32.1. The molecule has 150 valence electrons. The molecule has 1 atom stereocenters. The second-order valence-corrected chi connectivity index (χ2v) is 8.53. The topological polar surface area (TPSA) is 62.3 Å². The molecule has 1 N–H and O–H groups in total. The largest absolute Gasteiger partial charge is 0.355 e. The number of benzene rings is 1. The average molecular weight is 404 g/mol.